The third-order valence-electron chi connectivity index (χ3n) is 3.38. The summed E-state index contributed by atoms with van der Waals surface area (Å²) in [5.74, 6) is 2.10. The third kappa shape index (κ3) is 1.27. The second kappa shape index (κ2) is 3.43. The Bertz CT molecular complexity index is 533. The van der Waals surface area contributed by atoms with Gasteiger partial charge in [0.05, 0.1) is 5.69 Å². The largest absolute Gasteiger partial charge is 0.296 e. The number of imidazole rings is 1. The van der Waals surface area contributed by atoms with E-state index in [4.69, 9.17) is 0 Å². The third-order valence-corrected chi connectivity index (χ3v) is 3.38. The van der Waals surface area contributed by atoms with Gasteiger partial charge in [0.15, 0.2) is 6.29 Å². The van der Waals surface area contributed by atoms with E-state index in [2.05, 4.69) is 15.1 Å². The molecule has 0 bridgehead atoms. The van der Waals surface area contributed by atoms with Gasteiger partial charge in [0.1, 0.15) is 11.5 Å². The minimum Gasteiger partial charge on any atom is -0.296 e. The van der Waals surface area contributed by atoms with Gasteiger partial charge in [-0.3, -0.25) is 9.89 Å². The summed E-state index contributed by atoms with van der Waals surface area (Å²) >= 11 is 0. The minimum absolute atomic E-state index is 0.515. The van der Waals surface area contributed by atoms with Crippen molar-refractivity contribution in [3.8, 4) is 0 Å². The van der Waals surface area contributed by atoms with Gasteiger partial charge < -0.3 is 0 Å². The van der Waals surface area contributed by atoms with Crippen LogP contribution in [0.15, 0.2) is 0 Å². The lowest BCUT2D eigenvalue weighted by atomic mass is 10.1. The molecule has 1 N–H and O–H groups in total. The second-order valence-electron chi connectivity index (χ2n) is 4.43. The molecule has 0 amide bonds. The first-order chi connectivity index (χ1) is 7.79. The molecule has 0 atom stereocenters. The van der Waals surface area contributed by atoms with Crippen LogP contribution in [0.1, 0.15) is 53.6 Å². The molecule has 84 valence electrons. The lowest BCUT2D eigenvalue weighted by Gasteiger charge is -2.02. The fraction of sp³-hybridized carbons (Fsp3) is 0.545. The predicted octanol–water partition coefficient (Wildman–Crippen LogP) is 1.84. The number of carbonyl (C=O) groups is 1. The van der Waals surface area contributed by atoms with Gasteiger partial charge >= 0.3 is 0 Å². The van der Waals surface area contributed by atoms with Crippen molar-refractivity contribution >= 4 is 12.1 Å². The standard InChI is InChI=1S/C11H14N4O/c1-7-9(6-16)15-11(12-7)13-10(14-15)8-4-2-3-5-8/h6,8H,2-5H2,1H3,(H,12,13,14). The van der Waals surface area contributed by atoms with Crippen molar-refractivity contribution in [2.45, 2.75) is 38.5 Å². The van der Waals surface area contributed by atoms with Crippen LogP contribution in [0.5, 0.6) is 0 Å². The Morgan fingerprint density at radius 3 is 2.81 bits per heavy atom. The molecule has 16 heavy (non-hydrogen) atoms. The molecule has 3 rings (SSSR count). The fourth-order valence-electron chi connectivity index (χ4n) is 2.48. The molecule has 0 aliphatic heterocycles. The average molecular weight is 218 g/mol. The van der Waals surface area contributed by atoms with Crippen molar-refractivity contribution in [2.75, 3.05) is 0 Å². The molecule has 2 aromatic rings. The van der Waals surface area contributed by atoms with Crippen LogP contribution in [0.25, 0.3) is 5.78 Å². The number of rotatable bonds is 2. The van der Waals surface area contributed by atoms with Gasteiger partial charge in [0.2, 0.25) is 0 Å². The summed E-state index contributed by atoms with van der Waals surface area (Å²) in [5, 5.41) is 3.19. The Kier molecular flexibility index (Phi) is 2.05. The summed E-state index contributed by atoms with van der Waals surface area (Å²) in [7, 11) is 0. The van der Waals surface area contributed by atoms with Crippen LogP contribution in [0.4, 0.5) is 0 Å². The van der Waals surface area contributed by atoms with Crippen LogP contribution in [0.3, 0.4) is 0 Å². The smallest absolute Gasteiger partial charge is 0.251 e. The van der Waals surface area contributed by atoms with Crippen LogP contribution in [-0.2, 0) is 0 Å². The summed E-state index contributed by atoms with van der Waals surface area (Å²) in [6.07, 6.45) is 5.74. The molecule has 1 saturated carbocycles. The maximum absolute atomic E-state index is 10.9. The van der Waals surface area contributed by atoms with E-state index >= 15 is 0 Å². The molecule has 1 aliphatic carbocycles. The first-order valence-electron chi connectivity index (χ1n) is 5.69. The van der Waals surface area contributed by atoms with Gasteiger partial charge in [-0.15, -0.1) is 0 Å². The molecule has 0 spiro atoms. The maximum atomic E-state index is 10.9. The van der Waals surface area contributed by atoms with Gasteiger partial charge in [0.25, 0.3) is 5.78 Å². The number of fused-ring (bicyclic) bond motifs is 1. The summed E-state index contributed by atoms with van der Waals surface area (Å²) in [4.78, 5) is 19.7. The molecule has 0 unspecified atom stereocenters. The van der Waals surface area contributed by atoms with Crippen LogP contribution >= 0.6 is 0 Å². The number of aldehydes is 1. The van der Waals surface area contributed by atoms with E-state index in [0.717, 1.165) is 17.8 Å². The van der Waals surface area contributed by atoms with E-state index in [1.165, 1.54) is 25.7 Å². The molecule has 2 aromatic heterocycles. The highest BCUT2D eigenvalue weighted by Crippen LogP contribution is 2.32. The molecule has 2 heterocycles. The van der Waals surface area contributed by atoms with Crippen molar-refractivity contribution in [3.63, 3.8) is 0 Å². The van der Waals surface area contributed by atoms with E-state index in [9.17, 15) is 4.79 Å². The fourth-order valence-corrected chi connectivity index (χ4v) is 2.48. The highest BCUT2D eigenvalue weighted by atomic mass is 16.1. The van der Waals surface area contributed by atoms with Crippen LogP contribution in [0.2, 0.25) is 0 Å². The van der Waals surface area contributed by atoms with Crippen molar-refractivity contribution < 1.29 is 4.79 Å². The number of carbonyl (C=O) groups excluding carboxylic acids is 1. The zero-order valence-corrected chi connectivity index (χ0v) is 9.23. The molecular weight excluding hydrogens is 204 g/mol. The molecule has 1 aliphatic rings. The lowest BCUT2D eigenvalue weighted by Crippen LogP contribution is -1.98. The number of aryl methyl sites for hydroxylation is 1. The minimum atomic E-state index is 0.515. The highest BCUT2D eigenvalue weighted by molar-refractivity contribution is 5.75. The number of hydrogen-bond acceptors (Lipinski definition) is 3. The van der Waals surface area contributed by atoms with Gasteiger partial charge in [-0.2, -0.15) is 4.98 Å². The normalized spacial score (nSPS) is 17.3. The first kappa shape index (κ1) is 9.57. The van der Waals surface area contributed by atoms with Gasteiger partial charge in [-0.25, -0.2) is 9.50 Å². The van der Waals surface area contributed by atoms with Crippen LogP contribution < -0.4 is 0 Å². The van der Waals surface area contributed by atoms with Crippen molar-refractivity contribution in [1.82, 2.24) is 19.6 Å². The van der Waals surface area contributed by atoms with E-state index < -0.39 is 0 Å². The topological polar surface area (TPSA) is 63.1 Å². The predicted molar refractivity (Wildman–Crippen MR) is 58.7 cm³/mol. The average Bonchev–Trinajstić information content (AvgIpc) is 2.90. The molecular formula is C11H14N4O. The van der Waals surface area contributed by atoms with Gasteiger partial charge in [-0.05, 0) is 19.8 Å². The van der Waals surface area contributed by atoms with Gasteiger partial charge in [0, 0.05) is 5.92 Å². The summed E-state index contributed by atoms with van der Waals surface area (Å²) in [5.41, 5.74) is 1.30. The lowest BCUT2D eigenvalue weighted by molar-refractivity contribution is 0.111. The van der Waals surface area contributed by atoms with Crippen LogP contribution in [-0.4, -0.2) is 25.9 Å². The second-order valence-corrected chi connectivity index (χ2v) is 4.43. The monoisotopic (exact) mass is 218 g/mol. The highest BCUT2D eigenvalue weighted by Gasteiger charge is 2.22. The Balaban J connectivity index is 2.09. The molecule has 0 radical (unpaired) electrons. The Morgan fingerprint density at radius 1 is 1.38 bits per heavy atom. The molecule has 5 nitrogen and oxygen atoms in total. The Morgan fingerprint density at radius 2 is 2.12 bits per heavy atom. The Labute approximate surface area is 92.9 Å². The number of aromatic nitrogens is 4. The van der Waals surface area contributed by atoms with E-state index in [1.54, 1.807) is 4.52 Å². The molecule has 1 fully saturated rings. The molecule has 0 saturated heterocycles. The number of aromatic amines is 1. The summed E-state index contributed by atoms with van der Waals surface area (Å²) in [6, 6.07) is 0. The van der Waals surface area contributed by atoms with Crippen molar-refractivity contribution in [1.29, 1.82) is 0 Å². The zero-order valence-electron chi connectivity index (χ0n) is 9.23. The van der Waals surface area contributed by atoms with E-state index in [-0.39, 0.29) is 0 Å². The summed E-state index contributed by atoms with van der Waals surface area (Å²) in [6.45, 7) is 1.82. The maximum Gasteiger partial charge on any atom is 0.251 e. The first-order valence-corrected chi connectivity index (χ1v) is 5.69. The van der Waals surface area contributed by atoms with Gasteiger partial charge in [-0.1, -0.05) is 12.8 Å². The number of nitrogens with zero attached hydrogens (tertiary/aromatic N) is 3. The Hall–Kier alpha value is -1.65. The number of nitrogens with one attached hydrogen (secondary N) is 1. The molecule has 5 heteroatoms. The van der Waals surface area contributed by atoms with E-state index in [1.807, 2.05) is 6.92 Å². The summed E-state index contributed by atoms with van der Waals surface area (Å²) < 4.78 is 1.69. The quantitative estimate of drug-likeness (QED) is 0.782. The number of H-pyrrole nitrogens is 1. The SMILES string of the molecule is Cc1nc2nc(C3CCCC3)[nH]n2c1C=O. The van der Waals surface area contributed by atoms with E-state index in [0.29, 0.717) is 17.4 Å². The van der Waals surface area contributed by atoms with Crippen molar-refractivity contribution in [2.24, 2.45) is 0 Å². The zero-order chi connectivity index (χ0) is 11.1. The van der Waals surface area contributed by atoms with Crippen LogP contribution in [0, 0.1) is 6.92 Å². The molecule has 0 aromatic carbocycles. The van der Waals surface area contributed by atoms with Crippen molar-refractivity contribution in [3.05, 3.63) is 17.2 Å². The number of hydrogen-bond donors (Lipinski definition) is 1.